The molecule has 0 fully saturated rings. The van der Waals surface area contributed by atoms with E-state index < -0.39 is 5.97 Å². The second kappa shape index (κ2) is 5.65. The number of hydrogen-bond acceptors (Lipinski definition) is 4. The van der Waals surface area contributed by atoms with Crippen molar-refractivity contribution in [2.24, 2.45) is 5.92 Å². The van der Waals surface area contributed by atoms with Gasteiger partial charge in [0.15, 0.2) is 6.39 Å². The van der Waals surface area contributed by atoms with Gasteiger partial charge in [-0.05, 0) is 12.8 Å². The number of hydrogen-bond donors (Lipinski definition) is 1. The van der Waals surface area contributed by atoms with Crippen LogP contribution < -0.4 is 0 Å². The van der Waals surface area contributed by atoms with E-state index in [9.17, 15) is 4.79 Å². The molecule has 0 saturated carbocycles. The van der Waals surface area contributed by atoms with Crippen molar-refractivity contribution in [3.05, 3.63) is 17.8 Å². The molecule has 0 aromatic carbocycles. The minimum atomic E-state index is -0.818. The van der Waals surface area contributed by atoms with E-state index in [4.69, 9.17) is 9.52 Å². The molecule has 0 amide bonds. The number of nitrogens with zero attached hydrogens (tertiary/aromatic N) is 2. The summed E-state index contributed by atoms with van der Waals surface area (Å²) >= 11 is 0. The number of carboxylic acid groups (broad SMARTS) is 1. The van der Waals surface area contributed by atoms with Gasteiger partial charge in [-0.2, -0.15) is 0 Å². The Morgan fingerprint density at radius 1 is 1.62 bits per heavy atom. The zero-order valence-corrected chi connectivity index (χ0v) is 9.93. The normalized spacial score (nSPS) is 11.3. The highest BCUT2D eigenvalue weighted by Crippen LogP contribution is 2.09. The topological polar surface area (TPSA) is 66.6 Å². The molecule has 0 aliphatic rings. The number of carboxylic acids is 1. The lowest BCUT2D eigenvalue weighted by molar-refractivity contribution is -0.138. The Bertz CT molecular complexity index is 347. The lowest BCUT2D eigenvalue weighted by Crippen LogP contribution is -2.32. The van der Waals surface area contributed by atoms with Gasteiger partial charge in [0.2, 0.25) is 0 Å². The first-order valence-corrected chi connectivity index (χ1v) is 5.32. The molecule has 5 heteroatoms. The monoisotopic (exact) mass is 226 g/mol. The average Bonchev–Trinajstić information content (AvgIpc) is 2.49. The second-order valence-electron chi connectivity index (χ2n) is 4.31. The third-order valence-electron chi connectivity index (χ3n) is 2.20. The molecule has 0 unspecified atom stereocenters. The molecule has 1 heterocycles. The summed E-state index contributed by atoms with van der Waals surface area (Å²) < 4.78 is 5.09. The van der Waals surface area contributed by atoms with Crippen molar-refractivity contribution in [2.75, 3.05) is 13.1 Å². The highest BCUT2D eigenvalue weighted by molar-refractivity contribution is 5.69. The number of aliphatic carboxylic acids is 1. The quantitative estimate of drug-likeness (QED) is 0.796. The summed E-state index contributed by atoms with van der Waals surface area (Å²) in [4.78, 5) is 16.6. The smallest absolute Gasteiger partial charge is 0.317 e. The second-order valence-corrected chi connectivity index (χ2v) is 4.31. The number of carbonyl (C=O) groups is 1. The fourth-order valence-electron chi connectivity index (χ4n) is 1.58. The van der Waals surface area contributed by atoms with Gasteiger partial charge in [-0.1, -0.05) is 13.8 Å². The number of oxazole rings is 1. The first-order chi connectivity index (χ1) is 7.49. The van der Waals surface area contributed by atoms with Crippen LogP contribution >= 0.6 is 0 Å². The number of rotatable bonds is 6. The molecule has 1 rings (SSSR count). The molecular weight excluding hydrogens is 208 g/mol. The fourth-order valence-corrected chi connectivity index (χ4v) is 1.58. The molecule has 90 valence electrons. The van der Waals surface area contributed by atoms with E-state index in [1.165, 1.54) is 6.39 Å². The molecule has 16 heavy (non-hydrogen) atoms. The summed E-state index contributed by atoms with van der Waals surface area (Å²) in [5.74, 6) is 0.354. The van der Waals surface area contributed by atoms with Crippen LogP contribution in [0, 0.1) is 12.8 Å². The lowest BCUT2D eigenvalue weighted by atomic mass is 10.2. The minimum absolute atomic E-state index is 0.0322. The molecule has 1 aromatic rings. The van der Waals surface area contributed by atoms with Crippen LogP contribution in [0.4, 0.5) is 0 Å². The van der Waals surface area contributed by atoms with Crippen molar-refractivity contribution in [2.45, 2.75) is 27.3 Å². The van der Waals surface area contributed by atoms with E-state index in [0.717, 1.165) is 18.0 Å². The Hall–Kier alpha value is -1.36. The summed E-state index contributed by atoms with van der Waals surface area (Å²) in [7, 11) is 0. The van der Waals surface area contributed by atoms with Crippen LogP contribution in [0.3, 0.4) is 0 Å². The Morgan fingerprint density at radius 3 is 2.75 bits per heavy atom. The maximum atomic E-state index is 10.7. The van der Waals surface area contributed by atoms with E-state index in [-0.39, 0.29) is 6.54 Å². The summed E-state index contributed by atoms with van der Waals surface area (Å²) in [6.45, 7) is 7.24. The SMILES string of the molecule is Cc1ocnc1CN(CC(=O)O)CC(C)C. The van der Waals surface area contributed by atoms with Crippen molar-refractivity contribution in [3.63, 3.8) is 0 Å². The van der Waals surface area contributed by atoms with E-state index in [0.29, 0.717) is 12.5 Å². The third kappa shape index (κ3) is 4.02. The van der Waals surface area contributed by atoms with Gasteiger partial charge in [-0.3, -0.25) is 9.69 Å². The van der Waals surface area contributed by atoms with E-state index in [1.54, 1.807) is 0 Å². The fraction of sp³-hybridized carbons (Fsp3) is 0.636. The van der Waals surface area contributed by atoms with Gasteiger partial charge < -0.3 is 9.52 Å². The zero-order chi connectivity index (χ0) is 12.1. The molecule has 0 bridgehead atoms. The van der Waals surface area contributed by atoms with E-state index in [1.807, 2.05) is 11.8 Å². The van der Waals surface area contributed by atoms with Crippen LogP contribution in [0.1, 0.15) is 25.3 Å². The molecule has 0 radical (unpaired) electrons. The van der Waals surface area contributed by atoms with Gasteiger partial charge >= 0.3 is 5.97 Å². The standard InChI is InChI=1S/C11H18N2O3/c1-8(2)4-13(6-11(14)15)5-10-9(3)16-7-12-10/h7-8H,4-6H2,1-3H3,(H,14,15). The molecular formula is C11H18N2O3. The highest BCUT2D eigenvalue weighted by Gasteiger charge is 2.14. The van der Waals surface area contributed by atoms with Crippen LogP contribution in [0.2, 0.25) is 0 Å². The molecule has 0 aliphatic carbocycles. The minimum Gasteiger partial charge on any atom is -0.480 e. The predicted molar refractivity (Wildman–Crippen MR) is 59.0 cm³/mol. The molecule has 0 spiro atoms. The Morgan fingerprint density at radius 2 is 2.31 bits per heavy atom. The third-order valence-corrected chi connectivity index (χ3v) is 2.20. The first kappa shape index (κ1) is 12.7. The lowest BCUT2D eigenvalue weighted by Gasteiger charge is -2.21. The van der Waals surface area contributed by atoms with Crippen LogP contribution in [0.5, 0.6) is 0 Å². The average molecular weight is 226 g/mol. The van der Waals surface area contributed by atoms with Crippen molar-refractivity contribution >= 4 is 5.97 Å². The number of aromatic nitrogens is 1. The van der Waals surface area contributed by atoms with Gasteiger partial charge in [-0.15, -0.1) is 0 Å². The maximum absolute atomic E-state index is 10.7. The van der Waals surface area contributed by atoms with Crippen molar-refractivity contribution in [1.29, 1.82) is 0 Å². The Balaban J connectivity index is 2.62. The molecule has 0 aliphatic heterocycles. The van der Waals surface area contributed by atoms with Crippen LogP contribution in [-0.2, 0) is 11.3 Å². The van der Waals surface area contributed by atoms with E-state index >= 15 is 0 Å². The molecule has 5 nitrogen and oxygen atoms in total. The summed E-state index contributed by atoms with van der Waals surface area (Å²) in [5, 5.41) is 8.81. The summed E-state index contributed by atoms with van der Waals surface area (Å²) in [5.41, 5.74) is 0.807. The first-order valence-electron chi connectivity index (χ1n) is 5.32. The molecule has 1 aromatic heterocycles. The summed E-state index contributed by atoms with van der Waals surface area (Å²) in [6.07, 6.45) is 1.39. The molecule has 0 saturated heterocycles. The van der Waals surface area contributed by atoms with Gasteiger partial charge in [0, 0.05) is 13.1 Å². The van der Waals surface area contributed by atoms with Gasteiger partial charge in [0.05, 0.1) is 12.2 Å². The zero-order valence-electron chi connectivity index (χ0n) is 9.93. The van der Waals surface area contributed by atoms with Crippen LogP contribution in [-0.4, -0.2) is 34.0 Å². The Kier molecular flexibility index (Phi) is 4.49. The van der Waals surface area contributed by atoms with E-state index in [2.05, 4.69) is 18.8 Å². The molecule has 0 atom stereocenters. The Labute approximate surface area is 95.1 Å². The van der Waals surface area contributed by atoms with Gasteiger partial charge in [-0.25, -0.2) is 4.98 Å². The number of aryl methyl sites for hydroxylation is 1. The summed E-state index contributed by atoms with van der Waals surface area (Å²) in [6, 6.07) is 0. The molecule has 1 N–H and O–H groups in total. The van der Waals surface area contributed by atoms with Crippen LogP contribution in [0.15, 0.2) is 10.8 Å². The highest BCUT2D eigenvalue weighted by atomic mass is 16.4. The van der Waals surface area contributed by atoms with Crippen molar-refractivity contribution < 1.29 is 14.3 Å². The predicted octanol–water partition coefficient (Wildman–Crippen LogP) is 1.53. The van der Waals surface area contributed by atoms with Crippen LogP contribution in [0.25, 0.3) is 0 Å². The van der Waals surface area contributed by atoms with Crippen molar-refractivity contribution in [3.8, 4) is 0 Å². The van der Waals surface area contributed by atoms with Gasteiger partial charge in [0.1, 0.15) is 5.76 Å². The van der Waals surface area contributed by atoms with Crippen molar-refractivity contribution in [1.82, 2.24) is 9.88 Å². The van der Waals surface area contributed by atoms with Gasteiger partial charge in [0.25, 0.3) is 0 Å². The largest absolute Gasteiger partial charge is 0.480 e. The maximum Gasteiger partial charge on any atom is 0.317 e.